The van der Waals surface area contributed by atoms with Gasteiger partial charge in [0, 0.05) is 5.56 Å². The Kier molecular flexibility index (Phi) is 5.43. The maximum absolute atomic E-state index is 14.1. The Morgan fingerprint density at radius 2 is 1.93 bits per heavy atom. The van der Waals surface area contributed by atoms with Crippen LogP contribution in [0.1, 0.15) is 11.3 Å². The second-order valence-electron chi connectivity index (χ2n) is 6.21. The molecule has 0 saturated carbocycles. The summed E-state index contributed by atoms with van der Waals surface area (Å²) in [5.74, 6) is 0.532. The smallest absolute Gasteiger partial charge is 0.230 e. The van der Waals surface area contributed by atoms with Crippen LogP contribution in [0.2, 0.25) is 0 Å². The summed E-state index contributed by atoms with van der Waals surface area (Å²) in [6, 6.07) is 18.0. The molecule has 1 N–H and O–H groups in total. The van der Waals surface area contributed by atoms with Crippen molar-refractivity contribution in [2.75, 3.05) is 5.75 Å². The zero-order chi connectivity index (χ0) is 19.3. The van der Waals surface area contributed by atoms with Crippen LogP contribution in [-0.2, 0) is 17.9 Å². The first kappa shape index (κ1) is 18.3. The molecule has 4 aromatic rings. The van der Waals surface area contributed by atoms with Gasteiger partial charge < -0.3 is 14.3 Å². The highest BCUT2D eigenvalue weighted by Crippen LogP contribution is 2.25. The Bertz CT molecular complexity index is 1090. The summed E-state index contributed by atoms with van der Waals surface area (Å²) in [6.07, 6.45) is 1.57. The van der Waals surface area contributed by atoms with Crippen molar-refractivity contribution in [3.8, 4) is 0 Å². The highest BCUT2D eigenvalue weighted by Gasteiger charge is 2.14. The highest BCUT2D eigenvalue weighted by atomic mass is 32.2. The summed E-state index contributed by atoms with van der Waals surface area (Å²) in [5.41, 5.74) is 2.30. The molecule has 0 unspecified atom stereocenters. The number of carbonyl (C=O) groups is 1. The van der Waals surface area contributed by atoms with E-state index in [-0.39, 0.29) is 17.5 Å². The van der Waals surface area contributed by atoms with Crippen LogP contribution in [0.3, 0.4) is 0 Å². The lowest BCUT2D eigenvalue weighted by Gasteiger charge is -2.10. The van der Waals surface area contributed by atoms with E-state index in [1.807, 2.05) is 34.9 Å². The number of amides is 1. The van der Waals surface area contributed by atoms with E-state index in [0.717, 1.165) is 11.0 Å². The van der Waals surface area contributed by atoms with Gasteiger partial charge in [-0.3, -0.25) is 4.79 Å². The monoisotopic (exact) mass is 395 g/mol. The average molecular weight is 395 g/mol. The van der Waals surface area contributed by atoms with Crippen molar-refractivity contribution in [3.05, 3.63) is 84.1 Å². The minimum atomic E-state index is -0.257. The number of nitrogens with zero attached hydrogens (tertiary/aromatic N) is 2. The molecule has 0 saturated heterocycles. The van der Waals surface area contributed by atoms with Crippen molar-refractivity contribution in [3.63, 3.8) is 0 Å². The first-order valence-electron chi connectivity index (χ1n) is 8.81. The molecule has 0 atom stereocenters. The topological polar surface area (TPSA) is 60.1 Å². The zero-order valence-electron chi connectivity index (χ0n) is 15.0. The Balaban J connectivity index is 1.51. The molecule has 0 bridgehead atoms. The standard InChI is InChI=1S/C21H18FN3O2S/c22-17-8-2-1-6-15(17)13-25-19-10-4-3-9-18(19)24-21(25)28-14-20(26)23-12-16-7-5-11-27-16/h1-11H,12-14H2,(H,23,26). The molecule has 0 radical (unpaired) electrons. The molecule has 0 aliphatic rings. The third-order valence-electron chi connectivity index (χ3n) is 4.28. The second-order valence-corrected chi connectivity index (χ2v) is 7.15. The van der Waals surface area contributed by atoms with Gasteiger partial charge in [0.15, 0.2) is 5.16 Å². The van der Waals surface area contributed by atoms with Crippen molar-refractivity contribution in [2.24, 2.45) is 0 Å². The lowest BCUT2D eigenvalue weighted by molar-refractivity contribution is -0.118. The quantitative estimate of drug-likeness (QED) is 0.476. The summed E-state index contributed by atoms with van der Waals surface area (Å²) in [7, 11) is 0. The number of benzene rings is 2. The van der Waals surface area contributed by atoms with Crippen LogP contribution < -0.4 is 5.32 Å². The number of carbonyl (C=O) groups excluding carboxylic acids is 1. The third-order valence-corrected chi connectivity index (χ3v) is 5.25. The fourth-order valence-electron chi connectivity index (χ4n) is 2.89. The first-order chi connectivity index (χ1) is 13.7. The fraction of sp³-hybridized carbons (Fsp3) is 0.143. The number of furan rings is 1. The van der Waals surface area contributed by atoms with Crippen molar-refractivity contribution in [1.82, 2.24) is 14.9 Å². The molecule has 4 rings (SSSR count). The molecule has 142 valence electrons. The summed E-state index contributed by atoms with van der Waals surface area (Å²) in [4.78, 5) is 16.8. The number of hydrogen-bond donors (Lipinski definition) is 1. The Morgan fingerprint density at radius 1 is 1.11 bits per heavy atom. The largest absolute Gasteiger partial charge is 0.467 e. The first-order valence-corrected chi connectivity index (χ1v) is 9.80. The molecule has 0 spiro atoms. The normalized spacial score (nSPS) is 11.0. The van der Waals surface area contributed by atoms with Crippen LogP contribution in [0.15, 0.2) is 76.5 Å². The van der Waals surface area contributed by atoms with Gasteiger partial charge in [-0.25, -0.2) is 9.37 Å². The molecular weight excluding hydrogens is 377 g/mol. The molecule has 5 nitrogen and oxygen atoms in total. The molecule has 7 heteroatoms. The molecule has 2 aromatic heterocycles. The minimum absolute atomic E-state index is 0.120. The van der Waals surface area contributed by atoms with Gasteiger partial charge in [0.1, 0.15) is 11.6 Å². The van der Waals surface area contributed by atoms with E-state index in [0.29, 0.717) is 29.6 Å². The van der Waals surface area contributed by atoms with Gasteiger partial charge in [-0.2, -0.15) is 0 Å². The van der Waals surface area contributed by atoms with Gasteiger partial charge in [-0.1, -0.05) is 42.1 Å². The van der Waals surface area contributed by atoms with E-state index in [9.17, 15) is 9.18 Å². The Morgan fingerprint density at radius 3 is 2.75 bits per heavy atom. The molecule has 1 amide bonds. The predicted molar refractivity (Wildman–Crippen MR) is 107 cm³/mol. The summed E-state index contributed by atoms with van der Waals surface area (Å²) in [5, 5.41) is 3.50. The third kappa shape index (κ3) is 4.09. The number of fused-ring (bicyclic) bond motifs is 1. The number of imidazole rings is 1. The minimum Gasteiger partial charge on any atom is -0.467 e. The highest BCUT2D eigenvalue weighted by molar-refractivity contribution is 7.99. The average Bonchev–Trinajstić information content (AvgIpc) is 3.35. The van der Waals surface area contributed by atoms with Crippen LogP contribution in [0.25, 0.3) is 11.0 Å². The lowest BCUT2D eigenvalue weighted by atomic mass is 10.2. The van der Waals surface area contributed by atoms with Gasteiger partial charge in [-0.15, -0.1) is 0 Å². The molecule has 0 aliphatic heterocycles. The van der Waals surface area contributed by atoms with E-state index in [4.69, 9.17) is 4.42 Å². The summed E-state index contributed by atoms with van der Waals surface area (Å²) in [6.45, 7) is 0.696. The van der Waals surface area contributed by atoms with Crippen LogP contribution in [0.4, 0.5) is 4.39 Å². The van der Waals surface area contributed by atoms with Crippen LogP contribution >= 0.6 is 11.8 Å². The van der Waals surface area contributed by atoms with Crippen molar-refractivity contribution < 1.29 is 13.6 Å². The zero-order valence-corrected chi connectivity index (χ0v) is 15.8. The lowest BCUT2D eigenvalue weighted by Crippen LogP contribution is -2.24. The van der Waals surface area contributed by atoms with Gasteiger partial charge in [0.2, 0.25) is 5.91 Å². The van der Waals surface area contributed by atoms with E-state index in [2.05, 4.69) is 10.3 Å². The van der Waals surface area contributed by atoms with Gasteiger partial charge in [0.25, 0.3) is 0 Å². The molecule has 28 heavy (non-hydrogen) atoms. The van der Waals surface area contributed by atoms with Gasteiger partial charge in [0.05, 0.1) is 36.1 Å². The number of para-hydroxylation sites is 2. The van der Waals surface area contributed by atoms with E-state index in [1.54, 1.807) is 30.5 Å². The number of aromatic nitrogens is 2. The Labute approximate surface area is 165 Å². The number of hydrogen-bond acceptors (Lipinski definition) is 4. The van der Waals surface area contributed by atoms with E-state index < -0.39 is 0 Å². The number of halogens is 1. The van der Waals surface area contributed by atoms with Crippen molar-refractivity contribution in [2.45, 2.75) is 18.2 Å². The second kappa shape index (κ2) is 8.31. The maximum atomic E-state index is 14.1. The Hall–Kier alpha value is -3.06. The SMILES string of the molecule is O=C(CSc1nc2ccccc2n1Cc1ccccc1F)NCc1ccco1. The van der Waals surface area contributed by atoms with Crippen molar-refractivity contribution >= 4 is 28.7 Å². The number of nitrogens with one attached hydrogen (secondary N) is 1. The predicted octanol–water partition coefficient (Wildman–Crippen LogP) is 4.23. The molecule has 0 fully saturated rings. The fourth-order valence-corrected chi connectivity index (χ4v) is 3.74. The maximum Gasteiger partial charge on any atom is 0.230 e. The molecule has 2 heterocycles. The number of thioether (sulfide) groups is 1. The van der Waals surface area contributed by atoms with E-state index in [1.165, 1.54) is 17.8 Å². The van der Waals surface area contributed by atoms with Gasteiger partial charge >= 0.3 is 0 Å². The van der Waals surface area contributed by atoms with E-state index >= 15 is 0 Å². The molecular formula is C21H18FN3O2S. The summed E-state index contributed by atoms with van der Waals surface area (Å²) >= 11 is 1.33. The van der Waals surface area contributed by atoms with Crippen LogP contribution in [-0.4, -0.2) is 21.2 Å². The number of rotatable bonds is 7. The van der Waals surface area contributed by atoms with Crippen LogP contribution in [0.5, 0.6) is 0 Å². The summed E-state index contributed by atoms with van der Waals surface area (Å²) < 4.78 is 21.3. The van der Waals surface area contributed by atoms with Gasteiger partial charge in [-0.05, 0) is 30.3 Å². The molecule has 2 aromatic carbocycles. The molecule has 0 aliphatic carbocycles. The van der Waals surface area contributed by atoms with Crippen molar-refractivity contribution in [1.29, 1.82) is 0 Å². The van der Waals surface area contributed by atoms with Crippen LogP contribution in [0, 0.1) is 5.82 Å².